The maximum absolute atomic E-state index is 12.3. The molecule has 11 heteroatoms. The lowest BCUT2D eigenvalue weighted by Crippen LogP contribution is -2.50. The van der Waals surface area contributed by atoms with Gasteiger partial charge in [-0.05, 0) is 31.5 Å². The van der Waals surface area contributed by atoms with Crippen LogP contribution in [-0.4, -0.2) is 47.1 Å². The van der Waals surface area contributed by atoms with Gasteiger partial charge in [0.2, 0.25) is 5.91 Å². The van der Waals surface area contributed by atoms with Crippen molar-refractivity contribution < 1.29 is 24.0 Å². The summed E-state index contributed by atoms with van der Waals surface area (Å²) >= 11 is 11.9. The molecule has 1 aromatic heterocycles. The van der Waals surface area contributed by atoms with Crippen LogP contribution in [0.2, 0.25) is 10.0 Å². The number of hydrogen-bond donors (Lipinski definition) is 4. The van der Waals surface area contributed by atoms with E-state index in [0.29, 0.717) is 33.7 Å². The van der Waals surface area contributed by atoms with Crippen molar-refractivity contribution in [1.29, 1.82) is 0 Å². The summed E-state index contributed by atoms with van der Waals surface area (Å²) in [6.07, 6.45) is 2.21. The summed E-state index contributed by atoms with van der Waals surface area (Å²) in [4.78, 5) is 24.6. The monoisotopic (exact) mass is 482 g/mol. The van der Waals surface area contributed by atoms with Gasteiger partial charge in [0, 0.05) is 6.54 Å². The molecule has 0 fully saturated rings. The lowest BCUT2D eigenvalue weighted by Gasteiger charge is -2.31. The van der Waals surface area contributed by atoms with E-state index in [-0.39, 0.29) is 18.9 Å². The second-order valence-electron chi connectivity index (χ2n) is 7.33. The maximum Gasteiger partial charge on any atom is 0.319 e. The number of aromatic nitrogens is 1. The SMILES string of the molecule is Cc1noc(C)c1NC(=O)N[C@@H]1C=C[C@H](CC(=O)NCc2ccc(Cl)c(Cl)c2)O[C@H]1CO. The first-order chi connectivity index (χ1) is 15.3. The Balaban J connectivity index is 1.51. The van der Waals surface area contributed by atoms with Gasteiger partial charge in [0.05, 0.1) is 35.2 Å². The number of ether oxygens (including phenoxy) is 1. The predicted molar refractivity (Wildman–Crippen MR) is 120 cm³/mol. The summed E-state index contributed by atoms with van der Waals surface area (Å²) < 4.78 is 10.8. The molecule has 2 heterocycles. The van der Waals surface area contributed by atoms with Gasteiger partial charge in [0.25, 0.3) is 0 Å². The zero-order valence-electron chi connectivity index (χ0n) is 17.5. The van der Waals surface area contributed by atoms with E-state index in [9.17, 15) is 14.7 Å². The van der Waals surface area contributed by atoms with Crippen LogP contribution >= 0.6 is 23.2 Å². The van der Waals surface area contributed by atoms with Crippen LogP contribution in [0.25, 0.3) is 0 Å². The number of rotatable bonds is 7. The Morgan fingerprint density at radius 2 is 1.97 bits per heavy atom. The molecule has 9 nitrogen and oxygen atoms in total. The van der Waals surface area contributed by atoms with Crippen molar-refractivity contribution in [2.45, 2.75) is 45.1 Å². The Bertz CT molecular complexity index is 991. The number of hydrogen-bond acceptors (Lipinski definition) is 6. The van der Waals surface area contributed by atoms with Crippen molar-refractivity contribution in [3.05, 3.63) is 57.4 Å². The van der Waals surface area contributed by atoms with E-state index >= 15 is 0 Å². The average molecular weight is 483 g/mol. The molecular formula is C21H24Cl2N4O5. The molecule has 0 bridgehead atoms. The highest BCUT2D eigenvalue weighted by molar-refractivity contribution is 6.42. The molecule has 32 heavy (non-hydrogen) atoms. The Morgan fingerprint density at radius 1 is 1.19 bits per heavy atom. The smallest absolute Gasteiger partial charge is 0.319 e. The third-order valence-corrected chi connectivity index (χ3v) is 5.63. The molecule has 3 atom stereocenters. The molecule has 4 N–H and O–H groups in total. The Hall–Kier alpha value is -2.59. The molecule has 1 aromatic carbocycles. The minimum absolute atomic E-state index is 0.0618. The molecule has 0 saturated carbocycles. The third kappa shape index (κ3) is 6.23. The molecule has 0 aliphatic carbocycles. The number of nitrogens with one attached hydrogen (secondary N) is 3. The van der Waals surface area contributed by atoms with Crippen LogP contribution in [0.3, 0.4) is 0 Å². The van der Waals surface area contributed by atoms with Gasteiger partial charge in [-0.15, -0.1) is 0 Å². The second-order valence-corrected chi connectivity index (χ2v) is 8.15. The Kier molecular flexibility index (Phi) is 8.14. The van der Waals surface area contributed by atoms with E-state index in [1.807, 2.05) is 0 Å². The van der Waals surface area contributed by atoms with Gasteiger partial charge in [-0.3, -0.25) is 4.79 Å². The predicted octanol–water partition coefficient (Wildman–Crippen LogP) is 3.11. The van der Waals surface area contributed by atoms with E-state index in [1.54, 1.807) is 44.2 Å². The summed E-state index contributed by atoms with van der Waals surface area (Å²) in [6.45, 7) is 3.36. The molecule has 172 valence electrons. The number of benzene rings is 1. The van der Waals surface area contributed by atoms with Crippen LogP contribution in [-0.2, 0) is 16.1 Å². The number of anilines is 1. The largest absolute Gasteiger partial charge is 0.394 e. The van der Waals surface area contributed by atoms with Crippen molar-refractivity contribution in [2.24, 2.45) is 0 Å². The molecule has 0 unspecified atom stereocenters. The van der Waals surface area contributed by atoms with E-state index in [4.69, 9.17) is 32.5 Å². The van der Waals surface area contributed by atoms with Crippen molar-refractivity contribution in [3.63, 3.8) is 0 Å². The van der Waals surface area contributed by atoms with Gasteiger partial charge in [0.15, 0.2) is 5.76 Å². The van der Waals surface area contributed by atoms with Gasteiger partial charge in [-0.1, -0.05) is 46.6 Å². The minimum Gasteiger partial charge on any atom is -0.394 e. The molecule has 3 rings (SSSR count). The summed E-state index contributed by atoms with van der Waals surface area (Å²) in [7, 11) is 0. The van der Waals surface area contributed by atoms with E-state index < -0.39 is 24.3 Å². The highest BCUT2D eigenvalue weighted by Gasteiger charge is 2.29. The van der Waals surface area contributed by atoms with Crippen molar-refractivity contribution in [3.8, 4) is 0 Å². The first-order valence-corrected chi connectivity index (χ1v) is 10.7. The fourth-order valence-electron chi connectivity index (χ4n) is 3.20. The molecule has 0 spiro atoms. The van der Waals surface area contributed by atoms with Gasteiger partial charge in [0.1, 0.15) is 17.5 Å². The number of nitrogens with zero attached hydrogens (tertiary/aromatic N) is 1. The molecule has 0 radical (unpaired) electrons. The van der Waals surface area contributed by atoms with Crippen LogP contribution in [0, 0.1) is 13.8 Å². The van der Waals surface area contributed by atoms with Crippen LogP contribution in [0.4, 0.5) is 10.5 Å². The first kappa shape index (κ1) is 24.1. The number of urea groups is 1. The summed E-state index contributed by atoms with van der Waals surface area (Å²) in [5.41, 5.74) is 1.86. The Morgan fingerprint density at radius 3 is 2.62 bits per heavy atom. The highest BCUT2D eigenvalue weighted by Crippen LogP contribution is 2.23. The number of amides is 3. The van der Waals surface area contributed by atoms with Gasteiger partial charge in [-0.2, -0.15) is 0 Å². The molecule has 1 aliphatic heterocycles. The van der Waals surface area contributed by atoms with Gasteiger partial charge < -0.3 is 30.3 Å². The summed E-state index contributed by atoms with van der Waals surface area (Å²) in [5.74, 6) is 0.253. The second kappa shape index (κ2) is 10.8. The van der Waals surface area contributed by atoms with Gasteiger partial charge >= 0.3 is 6.03 Å². The van der Waals surface area contributed by atoms with E-state index in [2.05, 4.69) is 21.1 Å². The zero-order chi connectivity index (χ0) is 23.3. The van der Waals surface area contributed by atoms with E-state index in [0.717, 1.165) is 5.56 Å². The maximum atomic E-state index is 12.3. The van der Waals surface area contributed by atoms with E-state index in [1.165, 1.54) is 0 Å². The first-order valence-electron chi connectivity index (χ1n) is 9.92. The molecule has 3 amide bonds. The lowest BCUT2D eigenvalue weighted by atomic mass is 10.0. The minimum atomic E-state index is -0.705. The normalized spacial score (nSPS) is 20.1. The number of halogens is 2. The fraction of sp³-hybridized carbons (Fsp3) is 0.381. The summed E-state index contributed by atoms with van der Waals surface area (Å²) in [6, 6.07) is 4.06. The van der Waals surface area contributed by atoms with Crippen LogP contribution in [0.1, 0.15) is 23.4 Å². The summed E-state index contributed by atoms with van der Waals surface area (Å²) in [5, 5.41) is 22.5. The van der Waals surface area contributed by atoms with Crippen molar-refractivity contribution in [1.82, 2.24) is 15.8 Å². The van der Waals surface area contributed by atoms with Crippen LogP contribution in [0.5, 0.6) is 0 Å². The highest BCUT2D eigenvalue weighted by atomic mass is 35.5. The molecular weight excluding hydrogens is 459 g/mol. The lowest BCUT2D eigenvalue weighted by molar-refractivity contribution is -0.125. The number of carbonyl (C=O) groups excluding carboxylic acids is 2. The quantitative estimate of drug-likeness (QED) is 0.449. The van der Waals surface area contributed by atoms with Crippen molar-refractivity contribution >= 4 is 40.8 Å². The van der Waals surface area contributed by atoms with Crippen LogP contribution in [0.15, 0.2) is 34.9 Å². The van der Waals surface area contributed by atoms with Crippen LogP contribution < -0.4 is 16.0 Å². The molecule has 1 aliphatic rings. The number of aliphatic hydroxyl groups excluding tert-OH is 1. The topological polar surface area (TPSA) is 126 Å². The number of carbonyl (C=O) groups is 2. The zero-order valence-corrected chi connectivity index (χ0v) is 19.0. The average Bonchev–Trinajstić information content (AvgIpc) is 3.07. The van der Waals surface area contributed by atoms with Crippen molar-refractivity contribution in [2.75, 3.05) is 11.9 Å². The van der Waals surface area contributed by atoms with Gasteiger partial charge in [-0.25, -0.2) is 4.79 Å². The molecule has 0 saturated heterocycles. The fourth-order valence-corrected chi connectivity index (χ4v) is 3.52. The Labute approximate surface area is 195 Å². The molecule has 2 aromatic rings. The third-order valence-electron chi connectivity index (χ3n) is 4.89. The number of aliphatic hydroxyl groups is 1. The standard InChI is InChI=1S/C21H24Cl2N4O5/c1-11-20(12(2)32-27-11)26-21(30)25-17-6-4-14(31-18(17)10-28)8-19(29)24-9-13-3-5-15(22)16(23)7-13/h3-7,14,17-18,28H,8-10H2,1-2H3,(H,24,29)(H2,25,26,30)/t14-,17-,18+/m1/s1. The number of aryl methyl sites for hydroxylation is 2.